The number of aryl methyl sites for hydroxylation is 1. The first-order valence-electron chi connectivity index (χ1n) is 6.76. The van der Waals surface area contributed by atoms with E-state index in [-0.39, 0.29) is 0 Å². The van der Waals surface area contributed by atoms with E-state index in [1.54, 1.807) is 6.92 Å². The van der Waals surface area contributed by atoms with Gasteiger partial charge in [0.2, 0.25) is 0 Å². The van der Waals surface area contributed by atoms with Crippen molar-refractivity contribution in [1.82, 2.24) is 4.98 Å². The molecule has 1 saturated heterocycles. The monoisotopic (exact) mass is 296 g/mol. The molecule has 0 atom stereocenters. The van der Waals surface area contributed by atoms with Gasteiger partial charge >= 0.3 is 6.18 Å². The lowest BCUT2D eigenvalue weighted by molar-refractivity contribution is -0.137. The maximum atomic E-state index is 12.8. The number of hydrogen-bond acceptors (Lipinski definition) is 3. The Bertz CT molecular complexity index is 664. The lowest BCUT2D eigenvalue weighted by Crippen LogP contribution is -2.36. The normalized spacial score (nSPS) is 16.5. The van der Waals surface area contributed by atoms with Gasteiger partial charge in [0.05, 0.1) is 24.3 Å². The minimum atomic E-state index is -4.35. The minimum Gasteiger partial charge on any atom is -0.378 e. The van der Waals surface area contributed by atoms with Crippen molar-refractivity contribution in [2.45, 2.75) is 13.1 Å². The zero-order chi connectivity index (χ0) is 15.0. The molecule has 3 rings (SSSR count). The second-order valence-corrected chi connectivity index (χ2v) is 5.11. The number of anilines is 1. The third-order valence-electron chi connectivity index (χ3n) is 3.60. The van der Waals surface area contributed by atoms with Crippen LogP contribution < -0.4 is 4.90 Å². The van der Waals surface area contributed by atoms with Crippen molar-refractivity contribution in [3.8, 4) is 0 Å². The molecule has 0 radical (unpaired) electrons. The molecule has 2 aromatic rings. The zero-order valence-corrected chi connectivity index (χ0v) is 11.6. The second kappa shape index (κ2) is 5.18. The molecule has 1 aromatic carbocycles. The summed E-state index contributed by atoms with van der Waals surface area (Å²) in [5.74, 6) is 0. The number of nitrogens with zero attached hydrogens (tertiary/aromatic N) is 2. The van der Waals surface area contributed by atoms with Crippen LogP contribution in [-0.4, -0.2) is 31.3 Å². The molecule has 6 heteroatoms. The number of pyridine rings is 1. The zero-order valence-electron chi connectivity index (χ0n) is 11.6. The molecule has 0 aliphatic carbocycles. The Balaban J connectivity index is 2.12. The van der Waals surface area contributed by atoms with E-state index in [0.717, 1.165) is 36.3 Å². The van der Waals surface area contributed by atoms with Crippen LogP contribution in [0.1, 0.15) is 11.3 Å². The molecule has 2 heterocycles. The summed E-state index contributed by atoms with van der Waals surface area (Å²) in [6.45, 7) is 4.52. The number of hydrogen-bond donors (Lipinski definition) is 0. The average molecular weight is 296 g/mol. The number of fused-ring (bicyclic) bond motifs is 1. The number of alkyl halides is 3. The van der Waals surface area contributed by atoms with Crippen LogP contribution in [0.4, 0.5) is 18.9 Å². The number of aromatic nitrogens is 1. The SMILES string of the molecule is Cc1cc(N2CCOCC2)c2ccc(C(F)(F)F)cc2n1. The summed E-state index contributed by atoms with van der Waals surface area (Å²) in [6, 6.07) is 5.66. The van der Waals surface area contributed by atoms with Gasteiger partial charge in [-0.1, -0.05) is 6.07 Å². The number of ether oxygens (including phenoxy) is 1. The highest BCUT2D eigenvalue weighted by molar-refractivity contribution is 5.92. The predicted molar refractivity (Wildman–Crippen MR) is 74.5 cm³/mol. The summed E-state index contributed by atoms with van der Waals surface area (Å²) in [5, 5.41) is 0.746. The summed E-state index contributed by atoms with van der Waals surface area (Å²) >= 11 is 0. The highest BCUT2D eigenvalue weighted by atomic mass is 19.4. The maximum absolute atomic E-state index is 12.8. The van der Waals surface area contributed by atoms with Crippen molar-refractivity contribution in [2.75, 3.05) is 31.2 Å². The van der Waals surface area contributed by atoms with Gasteiger partial charge in [-0.25, -0.2) is 0 Å². The average Bonchev–Trinajstić information content (AvgIpc) is 2.45. The van der Waals surface area contributed by atoms with Crippen molar-refractivity contribution >= 4 is 16.6 Å². The number of benzene rings is 1. The van der Waals surface area contributed by atoms with Crippen LogP contribution in [0.3, 0.4) is 0 Å². The lowest BCUT2D eigenvalue weighted by atomic mass is 10.1. The second-order valence-electron chi connectivity index (χ2n) is 5.11. The van der Waals surface area contributed by atoms with Crippen LogP contribution in [0.25, 0.3) is 10.9 Å². The molecule has 1 fully saturated rings. The van der Waals surface area contributed by atoms with Crippen molar-refractivity contribution in [2.24, 2.45) is 0 Å². The third kappa shape index (κ3) is 2.81. The molecule has 0 amide bonds. The quantitative estimate of drug-likeness (QED) is 0.806. The van der Waals surface area contributed by atoms with Gasteiger partial charge in [0.15, 0.2) is 0 Å². The Labute approximate surface area is 120 Å². The van der Waals surface area contributed by atoms with Gasteiger partial charge in [0.1, 0.15) is 0 Å². The van der Waals surface area contributed by atoms with Gasteiger partial charge in [0.25, 0.3) is 0 Å². The maximum Gasteiger partial charge on any atom is 0.416 e. The molecular weight excluding hydrogens is 281 g/mol. The minimum absolute atomic E-state index is 0.381. The Kier molecular flexibility index (Phi) is 3.49. The number of halogens is 3. The van der Waals surface area contributed by atoms with Crippen molar-refractivity contribution in [3.63, 3.8) is 0 Å². The first kappa shape index (κ1) is 14.1. The predicted octanol–water partition coefficient (Wildman–Crippen LogP) is 3.40. The fourth-order valence-electron chi connectivity index (χ4n) is 2.58. The van der Waals surface area contributed by atoms with Crippen LogP contribution in [0.5, 0.6) is 0 Å². The third-order valence-corrected chi connectivity index (χ3v) is 3.60. The van der Waals surface area contributed by atoms with E-state index >= 15 is 0 Å². The summed E-state index contributed by atoms with van der Waals surface area (Å²) in [7, 11) is 0. The summed E-state index contributed by atoms with van der Waals surface area (Å²) in [5.41, 5.74) is 1.35. The first-order chi connectivity index (χ1) is 9.95. The van der Waals surface area contributed by atoms with Crippen molar-refractivity contribution in [3.05, 3.63) is 35.5 Å². The Morgan fingerprint density at radius 2 is 1.86 bits per heavy atom. The lowest BCUT2D eigenvalue weighted by Gasteiger charge is -2.30. The van der Waals surface area contributed by atoms with Crippen LogP contribution >= 0.6 is 0 Å². The van der Waals surface area contributed by atoms with Crippen molar-refractivity contribution < 1.29 is 17.9 Å². The molecular formula is C15H15F3N2O. The highest BCUT2D eigenvalue weighted by Gasteiger charge is 2.31. The van der Waals surface area contributed by atoms with Crippen LogP contribution in [0.15, 0.2) is 24.3 Å². The molecule has 0 unspecified atom stereocenters. The fourth-order valence-corrected chi connectivity index (χ4v) is 2.58. The van der Waals surface area contributed by atoms with Gasteiger partial charge in [-0.3, -0.25) is 4.98 Å². The number of rotatable bonds is 1. The number of morpholine rings is 1. The first-order valence-corrected chi connectivity index (χ1v) is 6.76. The van der Waals surface area contributed by atoms with Gasteiger partial charge < -0.3 is 9.64 Å². The molecule has 3 nitrogen and oxygen atoms in total. The van der Waals surface area contributed by atoms with Crippen LogP contribution in [-0.2, 0) is 10.9 Å². The molecule has 1 aliphatic rings. The van der Waals surface area contributed by atoms with Crippen LogP contribution in [0, 0.1) is 6.92 Å². The smallest absolute Gasteiger partial charge is 0.378 e. The summed E-state index contributed by atoms with van der Waals surface area (Å²) in [4.78, 5) is 6.38. The molecule has 1 aromatic heterocycles. The Morgan fingerprint density at radius 3 is 2.52 bits per heavy atom. The summed E-state index contributed by atoms with van der Waals surface area (Å²) < 4.78 is 43.8. The molecule has 0 spiro atoms. The highest BCUT2D eigenvalue weighted by Crippen LogP contribution is 2.34. The van der Waals surface area contributed by atoms with Gasteiger partial charge in [0, 0.05) is 29.9 Å². The van der Waals surface area contributed by atoms with E-state index in [9.17, 15) is 13.2 Å². The molecule has 0 bridgehead atoms. The standard InChI is InChI=1S/C15H15F3N2O/c1-10-8-14(20-4-6-21-7-5-20)12-3-2-11(15(16,17)18)9-13(12)19-10/h2-3,8-9H,4-7H2,1H3. The van der Waals surface area contributed by atoms with Gasteiger partial charge in [-0.05, 0) is 25.1 Å². The van der Waals surface area contributed by atoms with E-state index in [1.807, 2.05) is 6.07 Å². The Morgan fingerprint density at radius 1 is 1.14 bits per heavy atom. The van der Waals surface area contributed by atoms with Gasteiger partial charge in [-0.15, -0.1) is 0 Å². The molecule has 0 saturated carbocycles. The van der Waals surface area contributed by atoms with E-state index < -0.39 is 11.7 Å². The molecule has 1 aliphatic heterocycles. The van der Waals surface area contributed by atoms with E-state index in [2.05, 4.69) is 9.88 Å². The van der Waals surface area contributed by atoms with Crippen molar-refractivity contribution in [1.29, 1.82) is 0 Å². The topological polar surface area (TPSA) is 25.4 Å². The largest absolute Gasteiger partial charge is 0.416 e. The molecule has 0 N–H and O–H groups in total. The van der Waals surface area contributed by atoms with E-state index in [1.165, 1.54) is 6.07 Å². The van der Waals surface area contributed by atoms with E-state index in [4.69, 9.17) is 4.74 Å². The molecule has 21 heavy (non-hydrogen) atoms. The Hall–Kier alpha value is -1.82. The summed E-state index contributed by atoms with van der Waals surface area (Å²) in [6.07, 6.45) is -4.35. The van der Waals surface area contributed by atoms with Gasteiger partial charge in [-0.2, -0.15) is 13.2 Å². The molecule has 112 valence electrons. The fraction of sp³-hybridized carbons (Fsp3) is 0.400. The van der Waals surface area contributed by atoms with E-state index in [0.29, 0.717) is 24.4 Å². The van der Waals surface area contributed by atoms with Crippen LogP contribution in [0.2, 0.25) is 0 Å².